The summed E-state index contributed by atoms with van der Waals surface area (Å²) in [5.41, 5.74) is 0.860. The van der Waals surface area contributed by atoms with Crippen LogP contribution in [0.1, 0.15) is 17.2 Å². The predicted octanol–water partition coefficient (Wildman–Crippen LogP) is 2.94. The van der Waals surface area contributed by atoms with Gasteiger partial charge >= 0.3 is 0 Å². The molecule has 2 aromatic heterocycles. The lowest BCUT2D eigenvalue weighted by atomic mass is 10.3. The van der Waals surface area contributed by atoms with Crippen LogP contribution in [0.3, 0.4) is 0 Å². The van der Waals surface area contributed by atoms with E-state index in [4.69, 9.17) is 4.42 Å². The van der Waals surface area contributed by atoms with Crippen molar-refractivity contribution in [3.05, 3.63) is 53.6 Å². The third kappa shape index (κ3) is 3.31. The molecule has 0 aliphatic carbocycles. The van der Waals surface area contributed by atoms with E-state index in [0.29, 0.717) is 11.6 Å². The number of hydrogen-bond acceptors (Lipinski definition) is 3. The molecule has 2 heterocycles. The van der Waals surface area contributed by atoms with Gasteiger partial charge in [0, 0.05) is 11.8 Å². The quantitative estimate of drug-likeness (QED) is 0.842. The number of amides is 1. The van der Waals surface area contributed by atoms with E-state index in [0.717, 1.165) is 11.5 Å². The van der Waals surface area contributed by atoms with Gasteiger partial charge in [-0.15, -0.1) is 0 Å². The lowest BCUT2D eigenvalue weighted by molar-refractivity contribution is -0.111. The molecule has 2 aromatic rings. The van der Waals surface area contributed by atoms with Crippen LogP contribution >= 0.6 is 0 Å². The van der Waals surface area contributed by atoms with Crippen LogP contribution in [0.4, 0.5) is 5.82 Å². The topological polar surface area (TPSA) is 55.1 Å². The van der Waals surface area contributed by atoms with Gasteiger partial charge in [-0.1, -0.05) is 6.07 Å². The van der Waals surface area contributed by atoms with Crippen molar-refractivity contribution in [3.63, 3.8) is 0 Å². The van der Waals surface area contributed by atoms with Gasteiger partial charge in [0.1, 0.15) is 17.3 Å². The lowest BCUT2D eigenvalue weighted by Gasteiger charge is -2.01. The second-order valence-corrected chi connectivity index (χ2v) is 3.94. The van der Waals surface area contributed by atoms with Gasteiger partial charge in [0.05, 0.1) is 0 Å². The highest BCUT2D eigenvalue weighted by atomic mass is 16.3. The molecule has 1 amide bonds. The summed E-state index contributed by atoms with van der Waals surface area (Å²) in [4.78, 5) is 15.8. The number of anilines is 1. The summed E-state index contributed by atoms with van der Waals surface area (Å²) in [6.07, 6.45) is 3.04. The fraction of sp³-hybridized carbons (Fsp3) is 0.143. The first kappa shape index (κ1) is 12.1. The molecule has 92 valence electrons. The number of furan rings is 1. The summed E-state index contributed by atoms with van der Waals surface area (Å²) in [7, 11) is 0. The summed E-state index contributed by atoms with van der Waals surface area (Å²) in [5, 5.41) is 2.68. The fourth-order valence-corrected chi connectivity index (χ4v) is 1.48. The van der Waals surface area contributed by atoms with Crippen LogP contribution in [-0.4, -0.2) is 10.9 Å². The van der Waals surface area contributed by atoms with Gasteiger partial charge in [0.15, 0.2) is 0 Å². The Bertz CT molecular complexity index is 585. The maximum absolute atomic E-state index is 11.6. The Hall–Kier alpha value is -2.36. The average molecular weight is 242 g/mol. The van der Waals surface area contributed by atoms with Gasteiger partial charge in [-0.25, -0.2) is 4.98 Å². The van der Waals surface area contributed by atoms with E-state index in [-0.39, 0.29) is 5.91 Å². The number of nitrogens with zero attached hydrogens (tertiary/aromatic N) is 1. The van der Waals surface area contributed by atoms with E-state index in [1.165, 1.54) is 6.08 Å². The van der Waals surface area contributed by atoms with Crippen molar-refractivity contribution in [2.45, 2.75) is 13.8 Å². The van der Waals surface area contributed by atoms with Crippen LogP contribution < -0.4 is 5.32 Å². The number of carbonyl (C=O) groups excluding carboxylic acids is 1. The van der Waals surface area contributed by atoms with E-state index < -0.39 is 0 Å². The SMILES string of the molecule is Cc1cccc(NC(=O)C=Cc2ccc(C)o2)n1. The van der Waals surface area contributed by atoms with Gasteiger partial charge in [-0.2, -0.15) is 0 Å². The van der Waals surface area contributed by atoms with E-state index in [2.05, 4.69) is 10.3 Å². The Labute approximate surface area is 105 Å². The van der Waals surface area contributed by atoms with Crippen LogP contribution in [0.5, 0.6) is 0 Å². The molecule has 18 heavy (non-hydrogen) atoms. The van der Waals surface area contributed by atoms with Crippen LogP contribution in [0.15, 0.2) is 40.8 Å². The monoisotopic (exact) mass is 242 g/mol. The van der Waals surface area contributed by atoms with Crippen molar-refractivity contribution in [1.82, 2.24) is 4.98 Å². The maximum Gasteiger partial charge on any atom is 0.249 e. The first-order valence-electron chi connectivity index (χ1n) is 5.62. The first-order chi connectivity index (χ1) is 8.63. The zero-order valence-electron chi connectivity index (χ0n) is 10.3. The van der Waals surface area contributed by atoms with E-state index in [9.17, 15) is 4.79 Å². The lowest BCUT2D eigenvalue weighted by Crippen LogP contribution is -2.09. The second kappa shape index (κ2) is 5.31. The summed E-state index contributed by atoms with van der Waals surface area (Å²) < 4.78 is 5.32. The number of aromatic nitrogens is 1. The van der Waals surface area contributed by atoms with Crippen molar-refractivity contribution in [3.8, 4) is 0 Å². The highest BCUT2D eigenvalue weighted by molar-refractivity contribution is 6.01. The van der Waals surface area contributed by atoms with Gasteiger partial charge in [-0.3, -0.25) is 4.79 Å². The van der Waals surface area contributed by atoms with Gasteiger partial charge in [-0.05, 0) is 44.2 Å². The Morgan fingerprint density at radius 2 is 2.11 bits per heavy atom. The molecule has 0 aliphatic heterocycles. The third-order valence-electron chi connectivity index (χ3n) is 2.30. The molecule has 2 rings (SSSR count). The smallest absolute Gasteiger partial charge is 0.249 e. The fourth-order valence-electron chi connectivity index (χ4n) is 1.48. The van der Waals surface area contributed by atoms with Gasteiger partial charge in [0.25, 0.3) is 0 Å². The molecule has 0 fully saturated rings. The summed E-state index contributed by atoms with van der Waals surface area (Å²) >= 11 is 0. The molecule has 4 heteroatoms. The number of hydrogen-bond donors (Lipinski definition) is 1. The van der Waals surface area contributed by atoms with Crippen LogP contribution in [0.2, 0.25) is 0 Å². The average Bonchev–Trinajstić information content (AvgIpc) is 2.73. The molecule has 0 radical (unpaired) electrons. The van der Waals surface area contributed by atoms with E-state index in [1.807, 2.05) is 38.1 Å². The minimum absolute atomic E-state index is 0.234. The molecule has 0 aliphatic rings. The van der Waals surface area contributed by atoms with Crippen molar-refractivity contribution >= 4 is 17.8 Å². The minimum Gasteiger partial charge on any atom is -0.462 e. The number of carbonyl (C=O) groups is 1. The molecule has 4 nitrogen and oxygen atoms in total. The van der Waals surface area contributed by atoms with Gasteiger partial charge < -0.3 is 9.73 Å². The largest absolute Gasteiger partial charge is 0.462 e. The molecule has 0 saturated carbocycles. The maximum atomic E-state index is 11.6. The standard InChI is InChI=1S/C14H14N2O2/c1-10-4-3-5-13(15-10)16-14(17)9-8-12-7-6-11(2)18-12/h3-9H,1-2H3,(H,15,16,17). The summed E-state index contributed by atoms with van der Waals surface area (Å²) in [6.45, 7) is 3.73. The highest BCUT2D eigenvalue weighted by Gasteiger charge is 2.00. The zero-order chi connectivity index (χ0) is 13.0. The molecular formula is C14H14N2O2. The van der Waals surface area contributed by atoms with Crippen molar-refractivity contribution in [2.75, 3.05) is 5.32 Å². The molecule has 0 bridgehead atoms. The molecule has 1 N–H and O–H groups in total. The van der Waals surface area contributed by atoms with Crippen molar-refractivity contribution in [1.29, 1.82) is 0 Å². The molecule has 0 atom stereocenters. The van der Waals surface area contributed by atoms with Gasteiger partial charge in [0.2, 0.25) is 5.91 Å². The number of nitrogens with one attached hydrogen (secondary N) is 1. The Morgan fingerprint density at radius 1 is 1.28 bits per heavy atom. The Balaban J connectivity index is 1.98. The van der Waals surface area contributed by atoms with Crippen molar-refractivity contribution < 1.29 is 9.21 Å². The molecular weight excluding hydrogens is 228 g/mol. The number of aryl methyl sites for hydroxylation is 2. The van der Waals surface area contributed by atoms with Crippen LogP contribution in [-0.2, 0) is 4.79 Å². The van der Waals surface area contributed by atoms with E-state index >= 15 is 0 Å². The Morgan fingerprint density at radius 3 is 2.78 bits per heavy atom. The second-order valence-electron chi connectivity index (χ2n) is 3.94. The third-order valence-corrected chi connectivity index (χ3v) is 2.30. The normalized spacial score (nSPS) is 10.8. The summed E-state index contributed by atoms with van der Waals surface area (Å²) in [6, 6.07) is 9.12. The number of pyridine rings is 1. The molecule has 0 spiro atoms. The zero-order valence-corrected chi connectivity index (χ0v) is 10.3. The Kier molecular flexibility index (Phi) is 3.57. The molecule has 0 unspecified atom stereocenters. The predicted molar refractivity (Wildman–Crippen MR) is 70.1 cm³/mol. The summed E-state index contributed by atoms with van der Waals surface area (Å²) in [5.74, 6) is 1.78. The van der Waals surface area contributed by atoms with Crippen molar-refractivity contribution in [2.24, 2.45) is 0 Å². The number of rotatable bonds is 3. The molecule has 0 saturated heterocycles. The first-order valence-corrected chi connectivity index (χ1v) is 5.62. The highest BCUT2D eigenvalue weighted by Crippen LogP contribution is 2.08. The van der Waals surface area contributed by atoms with Crippen LogP contribution in [0, 0.1) is 13.8 Å². The minimum atomic E-state index is -0.234. The molecule has 0 aromatic carbocycles. The van der Waals surface area contributed by atoms with E-state index in [1.54, 1.807) is 12.1 Å². The van der Waals surface area contributed by atoms with Crippen LogP contribution in [0.25, 0.3) is 6.08 Å².